The summed E-state index contributed by atoms with van der Waals surface area (Å²) in [5.74, 6) is 0. The van der Waals surface area contributed by atoms with Gasteiger partial charge in [-0.3, -0.25) is 5.01 Å². The minimum absolute atomic E-state index is 0.811. The molecule has 24 heavy (non-hydrogen) atoms. The highest BCUT2D eigenvalue weighted by molar-refractivity contribution is 5.79. The summed E-state index contributed by atoms with van der Waals surface area (Å²) in [5, 5.41) is 7.68. The van der Waals surface area contributed by atoms with Crippen LogP contribution >= 0.6 is 0 Å². The molecule has 3 heteroatoms. The summed E-state index contributed by atoms with van der Waals surface area (Å²) in [5.41, 5.74) is 5.53. The molecule has 1 aromatic rings. The van der Waals surface area contributed by atoms with Gasteiger partial charge in [-0.15, -0.1) is 0 Å². The molecule has 0 atom stereocenters. The summed E-state index contributed by atoms with van der Waals surface area (Å²) in [6.07, 6.45) is 17.1. The molecule has 2 aliphatic heterocycles. The number of nitrogens with zero attached hydrogens (tertiary/aromatic N) is 2. The normalized spacial score (nSPS) is 22.4. The number of fused-ring (bicyclic) bond motifs is 3. The van der Waals surface area contributed by atoms with Gasteiger partial charge >= 0.3 is 0 Å². The Kier molecular flexibility index (Phi) is 3.42. The molecule has 0 bridgehead atoms. The molecule has 0 amide bonds. The van der Waals surface area contributed by atoms with Gasteiger partial charge in [-0.25, -0.2) is 5.01 Å². The van der Waals surface area contributed by atoms with E-state index in [1.165, 1.54) is 33.0 Å². The Morgan fingerprint density at radius 2 is 1.83 bits per heavy atom. The number of hydrogen-bond acceptors (Lipinski definition) is 3. The molecular weight excluding hydrogens is 296 g/mol. The van der Waals surface area contributed by atoms with Crippen molar-refractivity contribution >= 4 is 23.9 Å². The van der Waals surface area contributed by atoms with E-state index in [-0.39, 0.29) is 0 Å². The van der Waals surface area contributed by atoms with Crippen LogP contribution in [0.2, 0.25) is 0 Å². The van der Waals surface area contributed by atoms with Crippen molar-refractivity contribution in [3.8, 4) is 0 Å². The number of hydrogen-bond donors (Lipinski definition) is 0. The van der Waals surface area contributed by atoms with Gasteiger partial charge in [-0.1, -0.05) is 42.5 Å². The number of anilines is 1. The third-order valence-corrected chi connectivity index (χ3v) is 5.27. The minimum Gasteiger partial charge on any atom is -0.379 e. The SMILES string of the molecule is C1=Cc2c3c(ccc2=CC1)=CC1=C(CCC=C1)N3N1CCOCC1. The summed E-state index contributed by atoms with van der Waals surface area (Å²) in [7, 11) is 0. The first-order valence-corrected chi connectivity index (χ1v) is 8.96. The van der Waals surface area contributed by atoms with E-state index in [1.807, 2.05) is 0 Å². The van der Waals surface area contributed by atoms with Gasteiger partial charge in [-0.2, -0.15) is 0 Å². The average Bonchev–Trinajstić information content (AvgIpc) is 2.66. The van der Waals surface area contributed by atoms with Gasteiger partial charge in [0, 0.05) is 29.6 Å². The molecule has 3 nitrogen and oxygen atoms in total. The number of ether oxygens (including phenoxy) is 1. The highest BCUT2D eigenvalue weighted by Gasteiger charge is 2.29. The molecule has 1 fully saturated rings. The van der Waals surface area contributed by atoms with Crippen molar-refractivity contribution in [3.63, 3.8) is 0 Å². The number of morpholine rings is 1. The molecule has 0 unspecified atom stereocenters. The highest BCUT2D eigenvalue weighted by atomic mass is 16.5. The molecule has 0 radical (unpaired) electrons. The first-order chi connectivity index (χ1) is 11.9. The third-order valence-electron chi connectivity index (χ3n) is 5.27. The molecular formula is C21H22N2O. The number of hydrazine groups is 1. The fourth-order valence-electron chi connectivity index (χ4n) is 4.13. The van der Waals surface area contributed by atoms with Gasteiger partial charge in [0.2, 0.25) is 0 Å². The molecule has 1 aromatic carbocycles. The molecule has 5 rings (SSSR count). The Bertz CT molecular complexity index is 885. The molecule has 4 aliphatic rings. The minimum atomic E-state index is 0.811. The molecule has 1 saturated heterocycles. The van der Waals surface area contributed by atoms with Crippen LogP contribution in [-0.4, -0.2) is 31.3 Å². The Hall–Kier alpha value is -2.10. The van der Waals surface area contributed by atoms with Crippen LogP contribution in [0.25, 0.3) is 18.2 Å². The predicted octanol–water partition coefficient (Wildman–Crippen LogP) is 2.34. The molecule has 2 heterocycles. The molecule has 122 valence electrons. The number of rotatable bonds is 1. The van der Waals surface area contributed by atoms with E-state index in [1.54, 1.807) is 0 Å². The molecule has 0 spiro atoms. The van der Waals surface area contributed by atoms with Gasteiger partial charge in [0.15, 0.2) is 0 Å². The van der Waals surface area contributed by atoms with E-state index in [0.29, 0.717) is 0 Å². The Labute approximate surface area is 142 Å². The quantitative estimate of drug-likeness (QED) is 0.790. The lowest BCUT2D eigenvalue weighted by molar-refractivity contribution is 0.0349. The smallest absolute Gasteiger partial charge is 0.0727 e. The Morgan fingerprint density at radius 1 is 0.958 bits per heavy atom. The van der Waals surface area contributed by atoms with Crippen LogP contribution in [0.15, 0.2) is 41.6 Å². The van der Waals surface area contributed by atoms with E-state index in [4.69, 9.17) is 4.74 Å². The summed E-state index contributed by atoms with van der Waals surface area (Å²) in [4.78, 5) is 0. The highest BCUT2D eigenvalue weighted by Crippen LogP contribution is 2.33. The Balaban J connectivity index is 1.76. The van der Waals surface area contributed by atoms with Gasteiger partial charge < -0.3 is 4.74 Å². The van der Waals surface area contributed by atoms with Crippen LogP contribution in [0.1, 0.15) is 24.8 Å². The van der Waals surface area contributed by atoms with E-state index in [2.05, 4.69) is 58.6 Å². The zero-order valence-corrected chi connectivity index (χ0v) is 13.9. The van der Waals surface area contributed by atoms with Crippen LogP contribution in [0.4, 0.5) is 5.69 Å². The van der Waals surface area contributed by atoms with E-state index in [9.17, 15) is 0 Å². The maximum Gasteiger partial charge on any atom is 0.0727 e. The Morgan fingerprint density at radius 3 is 2.75 bits per heavy atom. The van der Waals surface area contributed by atoms with Crippen LogP contribution in [-0.2, 0) is 4.74 Å². The van der Waals surface area contributed by atoms with E-state index < -0.39 is 0 Å². The van der Waals surface area contributed by atoms with Gasteiger partial charge in [0.05, 0.1) is 18.9 Å². The van der Waals surface area contributed by atoms with Crippen LogP contribution in [0, 0.1) is 0 Å². The summed E-state index contributed by atoms with van der Waals surface area (Å²) < 4.78 is 5.60. The largest absolute Gasteiger partial charge is 0.379 e. The summed E-state index contributed by atoms with van der Waals surface area (Å²) in [6, 6.07) is 4.55. The predicted molar refractivity (Wildman–Crippen MR) is 98.5 cm³/mol. The molecule has 0 N–H and O–H groups in total. The van der Waals surface area contributed by atoms with Crippen molar-refractivity contribution in [3.05, 3.63) is 57.6 Å². The fourth-order valence-corrected chi connectivity index (χ4v) is 4.13. The second kappa shape index (κ2) is 5.76. The van der Waals surface area contributed by atoms with Crippen molar-refractivity contribution < 1.29 is 4.74 Å². The van der Waals surface area contributed by atoms with E-state index >= 15 is 0 Å². The summed E-state index contributed by atoms with van der Waals surface area (Å²) >= 11 is 0. The van der Waals surface area contributed by atoms with Crippen LogP contribution in [0.3, 0.4) is 0 Å². The summed E-state index contributed by atoms with van der Waals surface area (Å²) in [6.45, 7) is 3.53. The molecule has 0 saturated carbocycles. The first kappa shape index (κ1) is 14.3. The van der Waals surface area contributed by atoms with Crippen LogP contribution in [0.5, 0.6) is 0 Å². The molecule has 0 aromatic heterocycles. The molecule has 2 aliphatic carbocycles. The van der Waals surface area contributed by atoms with Crippen molar-refractivity contribution in [2.75, 3.05) is 31.3 Å². The van der Waals surface area contributed by atoms with E-state index in [0.717, 1.165) is 45.6 Å². The van der Waals surface area contributed by atoms with Gasteiger partial charge in [0.25, 0.3) is 0 Å². The van der Waals surface area contributed by atoms with Gasteiger partial charge in [0.1, 0.15) is 0 Å². The maximum absolute atomic E-state index is 5.60. The third kappa shape index (κ3) is 2.20. The lowest BCUT2D eigenvalue weighted by Crippen LogP contribution is -2.52. The monoisotopic (exact) mass is 318 g/mol. The zero-order valence-electron chi connectivity index (χ0n) is 13.9. The van der Waals surface area contributed by atoms with Crippen molar-refractivity contribution in [2.45, 2.75) is 19.3 Å². The average molecular weight is 318 g/mol. The second-order valence-corrected chi connectivity index (χ2v) is 6.71. The van der Waals surface area contributed by atoms with Crippen molar-refractivity contribution in [1.82, 2.24) is 5.01 Å². The number of allylic oxidation sites excluding steroid dienone is 5. The standard InChI is InChI=1S/C21H22N2O/c1-3-7-19-16(5-1)9-10-18-15-17-6-2-4-8-20(17)23(21(18)19)22-11-13-24-14-12-22/h2-3,5-7,9-10,15H,1,4,8,11-14H2. The zero-order chi connectivity index (χ0) is 15.9. The van der Waals surface area contributed by atoms with Crippen molar-refractivity contribution in [2.24, 2.45) is 0 Å². The van der Waals surface area contributed by atoms with Crippen LogP contribution < -0.4 is 15.4 Å². The maximum atomic E-state index is 5.60. The van der Waals surface area contributed by atoms with Crippen molar-refractivity contribution in [1.29, 1.82) is 0 Å². The topological polar surface area (TPSA) is 15.7 Å². The lowest BCUT2D eigenvalue weighted by Gasteiger charge is -2.43. The van der Waals surface area contributed by atoms with Gasteiger partial charge in [-0.05, 0) is 36.1 Å². The first-order valence-electron chi connectivity index (χ1n) is 8.96. The number of benzene rings is 1. The second-order valence-electron chi connectivity index (χ2n) is 6.71. The fraction of sp³-hybridized carbons (Fsp3) is 0.333. The lowest BCUT2D eigenvalue weighted by atomic mass is 9.94.